The molecule has 0 radical (unpaired) electrons. The van der Waals surface area contributed by atoms with Gasteiger partial charge in [0.25, 0.3) is 5.69 Å². The Balaban J connectivity index is 1.96. The molecule has 0 aliphatic carbocycles. The van der Waals surface area contributed by atoms with Gasteiger partial charge in [-0.1, -0.05) is 0 Å². The van der Waals surface area contributed by atoms with Gasteiger partial charge in [0, 0.05) is 25.2 Å². The lowest BCUT2D eigenvalue weighted by Gasteiger charge is -2.22. The van der Waals surface area contributed by atoms with E-state index in [0.717, 1.165) is 4.80 Å². The third kappa shape index (κ3) is 3.35. The Hall–Kier alpha value is -3.02. The van der Waals surface area contributed by atoms with E-state index in [1.807, 2.05) is 0 Å². The normalized spacial score (nSPS) is 18.6. The van der Waals surface area contributed by atoms with Gasteiger partial charge in [-0.05, 0) is 18.6 Å². The first-order valence-electron chi connectivity index (χ1n) is 7.56. The lowest BCUT2D eigenvalue weighted by Crippen LogP contribution is -2.34. The maximum Gasteiger partial charge on any atom is 0.360 e. The summed E-state index contributed by atoms with van der Waals surface area (Å²) in [5.74, 6) is -1.30. The zero-order valence-electron chi connectivity index (χ0n) is 13.6. The zero-order chi connectivity index (χ0) is 19.1. The molecule has 0 amide bonds. The molecule has 1 atom stereocenters. The fourth-order valence-corrected chi connectivity index (χ4v) is 4.53. The molecule has 0 bridgehead atoms. The molecule has 0 spiro atoms. The molecule has 0 saturated carbocycles. The minimum Gasteiger partial charge on any atom is -0.476 e. The van der Waals surface area contributed by atoms with Crippen molar-refractivity contribution in [2.24, 2.45) is 0 Å². The summed E-state index contributed by atoms with van der Waals surface area (Å²) in [6.45, 7) is 0. The van der Waals surface area contributed by atoms with Gasteiger partial charge in [-0.15, -0.1) is 15.0 Å². The molecule has 1 aliphatic rings. The first-order valence-corrected chi connectivity index (χ1v) is 9.39. The van der Waals surface area contributed by atoms with Crippen LogP contribution >= 0.6 is 0 Å². The Labute approximate surface area is 147 Å². The largest absolute Gasteiger partial charge is 0.476 e. The number of aromatic carboxylic acids is 1. The lowest BCUT2D eigenvalue weighted by molar-refractivity contribution is -0.384. The third-order valence-corrected chi connectivity index (χ3v) is 5.93. The van der Waals surface area contributed by atoms with Crippen molar-refractivity contribution < 1.29 is 23.2 Å². The highest BCUT2D eigenvalue weighted by atomic mass is 32.2. The number of nitrogens with zero attached hydrogens (tertiary/aromatic N) is 5. The van der Waals surface area contributed by atoms with E-state index in [0.29, 0.717) is 12.1 Å². The van der Waals surface area contributed by atoms with Crippen LogP contribution in [0, 0.1) is 10.1 Å². The topological polar surface area (TPSA) is 149 Å². The van der Waals surface area contributed by atoms with Gasteiger partial charge in [-0.2, -0.15) is 0 Å². The van der Waals surface area contributed by atoms with E-state index >= 15 is 0 Å². The first-order chi connectivity index (χ1) is 12.2. The van der Waals surface area contributed by atoms with E-state index in [4.69, 9.17) is 0 Å². The van der Waals surface area contributed by atoms with E-state index in [-0.39, 0.29) is 34.7 Å². The number of benzene rings is 1. The molecule has 1 saturated heterocycles. The smallest absolute Gasteiger partial charge is 0.360 e. The van der Waals surface area contributed by atoms with E-state index < -0.39 is 20.7 Å². The van der Waals surface area contributed by atoms with Crippen LogP contribution in [0.5, 0.6) is 0 Å². The van der Waals surface area contributed by atoms with Crippen LogP contribution in [0.3, 0.4) is 0 Å². The highest BCUT2D eigenvalue weighted by Crippen LogP contribution is 2.25. The molecule has 2 heterocycles. The van der Waals surface area contributed by atoms with Crippen molar-refractivity contribution in [3.8, 4) is 5.69 Å². The summed E-state index contributed by atoms with van der Waals surface area (Å²) in [5, 5.41) is 28.2. The van der Waals surface area contributed by atoms with E-state index in [1.165, 1.54) is 29.2 Å². The van der Waals surface area contributed by atoms with Crippen LogP contribution in [-0.2, 0) is 9.84 Å². The Morgan fingerprint density at radius 1 is 1.35 bits per heavy atom. The minimum atomic E-state index is -3.15. The number of carboxylic acid groups (broad SMARTS) is 1. The van der Waals surface area contributed by atoms with Crippen molar-refractivity contribution in [2.45, 2.75) is 12.5 Å². The maximum absolute atomic E-state index is 11.7. The molecule has 1 unspecified atom stereocenters. The third-order valence-electron chi connectivity index (χ3n) is 4.18. The van der Waals surface area contributed by atoms with Crippen LogP contribution in [0.4, 0.5) is 11.5 Å². The molecule has 26 heavy (non-hydrogen) atoms. The predicted octanol–water partition coefficient (Wildman–Crippen LogP) is 0.497. The highest BCUT2D eigenvalue weighted by molar-refractivity contribution is 7.91. The molecular weight excluding hydrogens is 366 g/mol. The van der Waals surface area contributed by atoms with E-state index in [1.54, 1.807) is 7.05 Å². The second kappa shape index (κ2) is 6.37. The summed E-state index contributed by atoms with van der Waals surface area (Å²) in [6.07, 6.45) is 0.377. The molecule has 138 valence electrons. The number of carboxylic acids is 1. The molecule has 2 aromatic rings. The number of nitro groups is 1. The summed E-state index contributed by atoms with van der Waals surface area (Å²) >= 11 is 0. The summed E-state index contributed by atoms with van der Waals surface area (Å²) < 4.78 is 23.3. The maximum atomic E-state index is 11.7. The van der Waals surface area contributed by atoms with Crippen LogP contribution in [-0.4, -0.2) is 64.0 Å². The molecule has 1 fully saturated rings. The Kier molecular flexibility index (Phi) is 4.36. The number of aromatic nitrogens is 3. The van der Waals surface area contributed by atoms with Crippen LogP contribution in [0.1, 0.15) is 16.9 Å². The first kappa shape index (κ1) is 17.8. The van der Waals surface area contributed by atoms with E-state index in [2.05, 4.69) is 10.2 Å². The lowest BCUT2D eigenvalue weighted by atomic mass is 10.2. The molecule has 11 nitrogen and oxygen atoms in total. The fraction of sp³-hybridized carbons (Fsp3) is 0.357. The van der Waals surface area contributed by atoms with Crippen LogP contribution < -0.4 is 4.90 Å². The van der Waals surface area contributed by atoms with Gasteiger partial charge < -0.3 is 10.0 Å². The Bertz CT molecular complexity index is 968. The second-order valence-electron chi connectivity index (χ2n) is 5.91. The van der Waals surface area contributed by atoms with Crippen LogP contribution in [0.15, 0.2) is 24.3 Å². The summed E-state index contributed by atoms with van der Waals surface area (Å²) in [6, 6.07) is 4.92. The van der Waals surface area contributed by atoms with Gasteiger partial charge in [-0.25, -0.2) is 13.2 Å². The summed E-state index contributed by atoms with van der Waals surface area (Å²) in [4.78, 5) is 24.2. The van der Waals surface area contributed by atoms with Gasteiger partial charge in [0.15, 0.2) is 15.7 Å². The number of hydrogen-bond donors (Lipinski definition) is 1. The van der Waals surface area contributed by atoms with Gasteiger partial charge in [0.2, 0.25) is 5.69 Å². The highest BCUT2D eigenvalue weighted by Gasteiger charge is 2.34. The minimum absolute atomic E-state index is 0.0398. The van der Waals surface area contributed by atoms with Crippen molar-refractivity contribution in [3.63, 3.8) is 0 Å². The fourth-order valence-electron chi connectivity index (χ4n) is 2.75. The van der Waals surface area contributed by atoms with Crippen molar-refractivity contribution in [1.29, 1.82) is 0 Å². The number of rotatable bonds is 5. The molecule has 3 rings (SSSR count). The molecule has 12 heteroatoms. The van der Waals surface area contributed by atoms with Crippen molar-refractivity contribution >= 4 is 27.3 Å². The van der Waals surface area contributed by atoms with E-state index in [9.17, 15) is 28.4 Å². The van der Waals surface area contributed by atoms with Crippen LogP contribution in [0.25, 0.3) is 5.69 Å². The predicted molar refractivity (Wildman–Crippen MR) is 90.4 cm³/mol. The van der Waals surface area contributed by atoms with Gasteiger partial charge in [0.05, 0.1) is 22.1 Å². The second-order valence-corrected chi connectivity index (χ2v) is 8.14. The Morgan fingerprint density at radius 3 is 2.50 bits per heavy atom. The summed E-state index contributed by atoms with van der Waals surface area (Å²) in [5.41, 5.74) is -0.0974. The number of sulfone groups is 1. The standard InChI is InChI=1S/C14H15N5O6S/c1-17(11-6-7-26(24,25)8-11)13-12(14(20)21)15-18(16-13)9-2-4-10(5-3-9)19(22)23/h2-5,11H,6-8H2,1H3,(H,20,21). The number of anilines is 1. The quantitative estimate of drug-likeness (QED) is 0.577. The number of carbonyl (C=O) groups is 1. The Morgan fingerprint density at radius 2 is 2.00 bits per heavy atom. The van der Waals surface area contributed by atoms with Gasteiger partial charge >= 0.3 is 5.97 Å². The summed E-state index contributed by atoms with van der Waals surface area (Å²) in [7, 11) is -1.58. The monoisotopic (exact) mass is 381 g/mol. The zero-order valence-corrected chi connectivity index (χ0v) is 14.5. The SMILES string of the molecule is CN(c1nn(-c2ccc([N+](=O)[O-])cc2)nc1C(=O)O)C1CCS(=O)(=O)C1. The van der Waals surface area contributed by atoms with Crippen molar-refractivity contribution in [1.82, 2.24) is 15.0 Å². The van der Waals surface area contributed by atoms with Crippen molar-refractivity contribution in [2.75, 3.05) is 23.5 Å². The average Bonchev–Trinajstić information content (AvgIpc) is 3.18. The molecule has 1 N–H and O–H groups in total. The molecular formula is C14H15N5O6S. The van der Waals surface area contributed by atoms with Crippen LogP contribution in [0.2, 0.25) is 0 Å². The number of hydrogen-bond acceptors (Lipinski definition) is 8. The molecule has 1 aromatic carbocycles. The molecule has 1 aromatic heterocycles. The van der Waals surface area contributed by atoms with Crippen molar-refractivity contribution in [3.05, 3.63) is 40.1 Å². The number of non-ortho nitro benzene ring substituents is 1. The average molecular weight is 381 g/mol. The van der Waals surface area contributed by atoms with Gasteiger partial charge in [-0.3, -0.25) is 10.1 Å². The molecule has 1 aliphatic heterocycles. The van der Waals surface area contributed by atoms with Gasteiger partial charge in [0.1, 0.15) is 0 Å². The number of nitro benzene ring substituents is 1.